The lowest BCUT2D eigenvalue weighted by atomic mass is 10.0. The van der Waals surface area contributed by atoms with Crippen molar-refractivity contribution in [2.45, 2.75) is 20.4 Å². The van der Waals surface area contributed by atoms with E-state index >= 15 is 0 Å². The molecule has 2 N–H and O–H groups in total. The number of nitrogens with two attached hydrogens (primary N) is 1. The predicted molar refractivity (Wildman–Crippen MR) is 73.4 cm³/mol. The molecular weight excluding hydrogens is 280 g/mol. The van der Waals surface area contributed by atoms with Crippen LogP contribution in [0.5, 0.6) is 5.88 Å². The van der Waals surface area contributed by atoms with Gasteiger partial charge in [0.2, 0.25) is 5.88 Å². The highest BCUT2D eigenvalue weighted by molar-refractivity contribution is 9.10. The van der Waals surface area contributed by atoms with E-state index in [2.05, 4.69) is 46.9 Å². The molecular formula is C13H15BrN2O. The molecule has 3 nitrogen and oxygen atoms in total. The van der Waals surface area contributed by atoms with Crippen molar-refractivity contribution >= 4 is 26.8 Å². The normalized spacial score (nSPS) is 10.9. The number of hydrogen-bond acceptors (Lipinski definition) is 3. The van der Waals surface area contributed by atoms with E-state index in [9.17, 15) is 0 Å². The topological polar surface area (TPSA) is 48.1 Å². The molecule has 0 saturated carbocycles. The van der Waals surface area contributed by atoms with E-state index in [0.29, 0.717) is 12.4 Å². The number of halogens is 1. The summed E-state index contributed by atoms with van der Waals surface area (Å²) in [6.45, 7) is 4.56. The van der Waals surface area contributed by atoms with Gasteiger partial charge in [-0.2, -0.15) is 0 Å². The molecule has 0 radical (unpaired) electrons. The number of methoxy groups -OCH3 is 1. The zero-order valence-electron chi connectivity index (χ0n) is 10.2. The highest BCUT2D eigenvalue weighted by Gasteiger charge is 2.11. The predicted octanol–water partition coefficient (Wildman–Crippen LogP) is 3.08. The van der Waals surface area contributed by atoms with Gasteiger partial charge in [-0.3, -0.25) is 0 Å². The minimum Gasteiger partial charge on any atom is -0.481 e. The summed E-state index contributed by atoms with van der Waals surface area (Å²) in [4.78, 5) is 4.50. The van der Waals surface area contributed by atoms with Crippen LogP contribution in [-0.4, -0.2) is 12.1 Å². The van der Waals surface area contributed by atoms with Gasteiger partial charge in [0.1, 0.15) is 0 Å². The fourth-order valence-electron chi connectivity index (χ4n) is 1.97. The Morgan fingerprint density at radius 1 is 1.35 bits per heavy atom. The van der Waals surface area contributed by atoms with Crippen molar-refractivity contribution < 1.29 is 4.74 Å². The number of ether oxygens (including phenoxy) is 1. The first-order valence-electron chi connectivity index (χ1n) is 5.42. The Morgan fingerprint density at radius 2 is 2.06 bits per heavy atom. The van der Waals surface area contributed by atoms with E-state index in [1.807, 2.05) is 0 Å². The van der Waals surface area contributed by atoms with E-state index in [1.54, 1.807) is 7.11 Å². The van der Waals surface area contributed by atoms with Crippen molar-refractivity contribution in [3.8, 4) is 5.88 Å². The molecule has 2 rings (SSSR count). The van der Waals surface area contributed by atoms with Crippen LogP contribution in [0.2, 0.25) is 0 Å². The molecule has 0 bridgehead atoms. The molecule has 0 unspecified atom stereocenters. The molecule has 0 amide bonds. The highest BCUT2D eigenvalue weighted by atomic mass is 79.9. The van der Waals surface area contributed by atoms with Gasteiger partial charge in [-0.05, 0) is 37.1 Å². The summed E-state index contributed by atoms with van der Waals surface area (Å²) in [5, 5.41) is 1.11. The summed E-state index contributed by atoms with van der Waals surface area (Å²) in [6.07, 6.45) is 0. The fourth-order valence-corrected chi connectivity index (χ4v) is 2.30. The Kier molecular flexibility index (Phi) is 3.35. The lowest BCUT2D eigenvalue weighted by Crippen LogP contribution is -2.02. The summed E-state index contributed by atoms with van der Waals surface area (Å²) in [7, 11) is 1.62. The summed E-state index contributed by atoms with van der Waals surface area (Å²) in [5.41, 5.74) is 9.93. The molecule has 1 heterocycles. The molecule has 0 spiro atoms. The minimum atomic E-state index is 0.428. The maximum absolute atomic E-state index is 5.70. The van der Waals surface area contributed by atoms with Crippen LogP contribution in [0.15, 0.2) is 16.6 Å². The van der Waals surface area contributed by atoms with Crippen molar-refractivity contribution in [1.82, 2.24) is 4.98 Å². The Labute approximate surface area is 109 Å². The number of aryl methyl sites for hydroxylation is 2. The van der Waals surface area contributed by atoms with Gasteiger partial charge in [-0.15, -0.1) is 0 Å². The number of hydrogen-bond donors (Lipinski definition) is 1. The maximum Gasteiger partial charge on any atom is 0.218 e. The van der Waals surface area contributed by atoms with Crippen LogP contribution in [0, 0.1) is 13.8 Å². The average molecular weight is 295 g/mol. The first kappa shape index (κ1) is 12.3. The third kappa shape index (κ3) is 2.03. The summed E-state index contributed by atoms with van der Waals surface area (Å²) in [5.74, 6) is 0.612. The van der Waals surface area contributed by atoms with Crippen molar-refractivity contribution in [3.63, 3.8) is 0 Å². The van der Waals surface area contributed by atoms with Crippen LogP contribution >= 0.6 is 15.9 Å². The molecule has 1 aromatic carbocycles. The number of rotatable bonds is 2. The second-order valence-electron chi connectivity index (χ2n) is 4.06. The van der Waals surface area contributed by atoms with Gasteiger partial charge >= 0.3 is 0 Å². The van der Waals surface area contributed by atoms with Crippen LogP contribution in [0.1, 0.15) is 16.7 Å². The van der Waals surface area contributed by atoms with Crippen LogP contribution in [0.3, 0.4) is 0 Å². The number of fused-ring (bicyclic) bond motifs is 1. The second-order valence-corrected chi connectivity index (χ2v) is 4.85. The summed E-state index contributed by atoms with van der Waals surface area (Å²) >= 11 is 3.59. The number of aromatic nitrogens is 1. The standard InChI is InChI=1S/C13H15BrN2O/c1-7-4-11-10(8(2)12(7)14)5-9(6-15)13(16-11)17-3/h4-5H,6,15H2,1-3H3. The quantitative estimate of drug-likeness (QED) is 0.926. The van der Waals surface area contributed by atoms with Gasteiger partial charge in [0.15, 0.2) is 0 Å². The Bertz CT molecular complexity index is 581. The molecule has 0 aliphatic heterocycles. The molecule has 0 saturated heterocycles. The molecule has 0 aliphatic carbocycles. The summed E-state index contributed by atoms with van der Waals surface area (Å²) < 4.78 is 6.38. The third-order valence-corrected chi connectivity index (χ3v) is 4.16. The van der Waals surface area contributed by atoms with Gasteiger partial charge in [0.05, 0.1) is 12.6 Å². The van der Waals surface area contributed by atoms with Crippen molar-refractivity contribution in [3.05, 3.63) is 33.3 Å². The van der Waals surface area contributed by atoms with Crippen LogP contribution < -0.4 is 10.5 Å². The number of nitrogens with zero attached hydrogens (tertiary/aromatic N) is 1. The lowest BCUT2D eigenvalue weighted by Gasteiger charge is -2.11. The van der Waals surface area contributed by atoms with E-state index in [0.717, 1.165) is 20.9 Å². The van der Waals surface area contributed by atoms with Gasteiger partial charge in [-0.1, -0.05) is 15.9 Å². The Hall–Kier alpha value is -1.13. The molecule has 4 heteroatoms. The van der Waals surface area contributed by atoms with Gasteiger partial charge in [-0.25, -0.2) is 4.98 Å². The monoisotopic (exact) mass is 294 g/mol. The zero-order valence-corrected chi connectivity index (χ0v) is 11.8. The molecule has 1 aromatic heterocycles. The maximum atomic E-state index is 5.70. The lowest BCUT2D eigenvalue weighted by molar-refractivity contribution is 0.394. The van der Waals surface area contributed by atoms with Gasteiger partial charge in [0.25, 0.3) is 0 Å². The fraction of sp³-hybridized carbons (Fsp3) is 0.308. The molecule has 17 heavy (non-hydrogen) atoms. The molecule has 90 valence electrons. The van der Waals surface area contributed by atoms with Crippen molar-refractivity contribution in [2.24, 2.45) is 5.73 Å². The first-order valence-corrected chi connectivity index (χ1v) is 6.21. The first-order chi connectivity index (χ1) is 8.08. The zero-order chi connectivity index (χ0) is 12.6. The van der Waals surface area contributed by atoms with Crippen molar-refractivity contribution in [2.75, 3.05) is 7.11 Å². The van der Waals surface area contributed by atoms with Crippen LogP contribution in [0.25, 0.3) is 10.9 Å². The average Bonchev–Trinajstić information content (AvgIpc) is 2.34. The largest absolute Gasteiger partial charge is 0.481 e. The molecule has 0 fully saturated rings. The van der Waals surface area contributed by atoms with Gasteiger partial charge in [0, 0.05) is 22.0 Å². The number of pyridine rings is 1. The number of benzene rings is 1. The highest BCUT2D eigenvalue weighted by Crippen LogP contribution is 2.31. The SMILES string of the molecule is COc1nc2cc(C)c(Br)c(C)c2cc1CN. The van der Waals surface area contributed by atoms with Gasteiger partial charge < -0.3 is 10.5 Å². The molecule has 0 aliphatic rings. The molecule has 2 aromatic rings. The third-order valence-electron chi connectivity index (χ3n) is 2.94. The summed E-state index contributed by atoms with van der Waals surface area (Å²) in [6, 6.07) is 4.11. The minimum absolute atomic E-state index is 0.428. The Balaban J connectivity index is 2.83. The Morgan fingerprint density at radius 3 is 2.65 bits per heavy atom. The van der Waals surface area contributed by atoms with E-state index in [1.165, 1.54) is 11.1 Å². The van der Waals surface area contributed by atoms with E-state index in [-0.39, 0.29) is 0 Å². The van der Waals surface area contributed by atoms with E-state index in [4.69, 9.17) is 10.5 Å². The smallest absolute Gasteiger partial charge is 0.218 e. The van der Waals surface area contributed by atoms with Crippen molar-refractivity contribution in [1.29, 1.82) is 0 Å². The molecule has 0 atom stereocenters. The second kappa shape index (κ2) is 4.63. The van der Waals surface area contributed by atoms with Crippen LogP contribution in [0.4, 0.5) is 0 Å². The van der Waals surface area contributed by atoms with E-state index < -0.39 is 0 Å². The van der Waals surface area contributed by atoms with Crippen LogP contribution in [-0.2, 0) is 6.54 Å².